The first-order valence-electron chi connectivity index (χ1n) is 7.81. The number of nitrogens with two attached hydrogens (primary N) is 1. The molecule has 0 saturated heterocycles. The van der Waals surface area contributed by atoms with E-state index in [1.165, 1.54) is 36.4 Å². The first-order valence-corrected chi connectivity index (χ1v) is 7.81. The molecule has 0 radical (unpaired) electrons. The molecule has 0 saturated carbocycles. The number of benzene rings is 2. The SMILES string of the molecule is NC(=O)c1ccc(C(=O)OCc2nc(-c3ccc(C(F)(F)F)cc3)no2)cc1. The number of carbonyl (C=O) groups excluding carboxylic acids is 2. The molecule has 10 heteroatoms. The summed E-state index contributed by atoms with van der Waals surface area (Å²) in [6.45, 7) is -0.329. The Morgan fingerprint density at radius 2 is 1.61 bits per heavy atom. The molecule has 144 valence electrons. The highest BCUT2D eigenvalue weighted by molar-refractivity contribution is 5.95. The lowest BCUT2D eigenvalue weighted by atomic mass is 10.1. The number of rotatable bonds is 5. The van der Waals surface area contributed by atoms with Gasteiger partial charge >= 0.3 is 12.1 Å². The highest BCUT2D eigenvalue weighted by atomic mass is 19.4. The van der Waals surface area contributed by atoms with Crippen molar-refractivity contribution >= 4 is 11.9 Å². The average Bonchev–Trinajstić information content (AvgIpc) is 3.14. The van der Waals surface area contributed by atoms with Gasteiger partial charge in [-0.1, -0.05) is 17.3 Å². The van der Waals surface area contributed by atoms with Crippen LogP contribution in [0.25, 0.3) is 11.4 Å². The van der Waals surface area contributed by atoms with Gasteiger partial charge in [-0.15, -0.1) is 0 Å². The Morgan fingerprint density at radius 3 is 2.18 bits per heavy atom. The monoisotopic (exact) mass is 391 g/mol. The van der Waals surface area contributed by atoms with Crippen LogP contribution < -0.4 is 5.73 Å². The zero-order valence-electron chi connectivity index (χ0n) is 14.1. The van der Waals surface area contributed by atoms with Gasteiger partial charge in [-0.3, -0.25) is 4.79 Å². The molecule has 0 aliphatic carbocycles. The number of ether oxygens (including phenoxy) is 1. The molecule has 0 aliphatic heterocycles. The molecule has 1 heterocycles. The number of alkyl halides is 3. The minimum Gasteiger partial charge on any atom is -0.452 e. The Morgan fingerprint density at radius 1 is 1.00 bits per heavy atom. The lowest BCUT2D eigenvalue weighted by Crippen LogP contribution is -2.11. The van der Waals surface area contributed by atoms with Gasteiger partial charge in [0.1, 0.15) is 0 Å². The van der Waals surface area contributed by atoms with Crippen molar-refractivity contribution in [2.75, 3.05) is 0 Å². The first kappa shape index (κ1) is 19.1. The molecule has 0 aliphatic rings. The van der Waals surface area contributed by atoms with Crippen molar-refractivity contribution in [1.82, 2.24) is 10.1 Å². The Hall–Kier alpha value is -3.69. The van der Waals surface area contributed by atoms with Gasteiger partial charge in [0.2, 0.25) is 11.7 Å². The zero-order valence-corrected chi connectivity index (χ0v) is 14.1. The third kappa shape index (κ3) is 4.34. The van der Waals surface area contributed by atoms with E-state index in [1.807, 2.05) is 0 Å². The van der Waals surface area contributed by atoms with Gasteiger partial charge < -0.3 is 15.0 Å². The van der Waals surface area contributed by atoms with Crippen molar-refractivity contribution in [3.8, 4) is 11.4 Å². The molecule has 1 aromatic heterocycles. The Kier molecular flexibility index (Phi) is 5.12. The summed E-state index contributed by atoms with van der Waals surface area (Å²) in [5, 5.41) is 3.65. The predicted molar refractivity (Wildman–Crippen MR) is 88.8 cm³/mol. The van der Waals surface area contributed by atoms with Gasteiger partial charge in [-0.2, -0.15) is 18.2 Å². The fraction of sp³-hybridized carbons (Fsp3) is 0.111. The summed E-state index contributed by atoms with van der Waals surface area (Å²) in [4.78, 5) is 27.0. The van der Waals surface area contributed by atoms with Crippen LogP contribution in [0, 0.1) is 0 Å². The number of amides is 1. The lowest BCUT2D eigenvalue weighted by molar-refractivity contribution is -0.137. The van der Waals surface area contributed by atoms with Gasteiger partial charge in [0, 0.05) is 11.1 Å². The van der Waals surface area contributed by atoms with Gasteiger partial charge in [0.25, 0.3) is 5.89 Å². The van der Waals surface area contributed by atoms with E-state index in [2.05, 4.69) is 10.1 Å². The molecule has 3 aromatic rings. The van der Waals surface area contributed by atoms with Crippen LogP contribution in [0.5, 0.6) is 0 Å². The van der Waals surface area contributed by atoms with E-state index in [4.69, 9.17) is 15.0 Å². The topological polar surface area (TPSA) is 108 Å². The van der Waals surface area contributed by atoms with Crippen molar-refractivity contribution in [3.63, 3.8) is 0 Å². The van der Waals surface area contributed by atoms with Crippen LogP contribution in [-0.4, -0.2) is 22.0 Å². The van der Waals surface area contributed by atoms with Crippen LogP contribution in [0.4, 0.5) is 13.2 Å². The maximum atomic E-state index is 12.6. The molecular weight excluding hydrogens is 379 g/mol. The third-order valence-corrected chi connectivity index (χ3v) is 3.67. The zero-order chi connectivity index (χ0) is 20.3. The molecule has 1 amide bonds. The normalized spacial score (nSPS) is 11.2. The fourth-order valence-corrected chi connectivity index (χ4v) is 2.22. The summed E-state index contributed by atoms with van der Waals surface area (Å²) in [6, 6.07) is 9.76. The lowest BCUT2D eigenvalue weighted by Gasteiger charge is -2.05. The molecule has 2 N–H and O–H groups in total. The second-order valence-corrected chi connectivity index (χ2v) is 5.60. The number of aromatic nitrogens is 2. The Labute approximate surface area is 155 Å². The molecule has 0 atom stereocenters. The highest BCUT2D eigenvalue weighted by Gasteiger charge is 2.30. The molecule has 7 nitrogen and oxygen atoms in total. The summed E-state index contributed by atoms with van der Waals surface area (Å²) in [7, 11) is 0. The molecule has 0 unspecified atom stereocenters. The van der Waals surface area contributed by atoms with E-state index in [0.717, 1.165) is 12.1 Å². The summed E-state index contributed by atoms with van der Waals surface area (Å²) in [5.74, 6) is -1.28. The first-order chi connectivity index (χ1) is 13.2. The number of halogens is 3. The summed E-state index contributed by atoms with van der Waals surface area (Å²) in [5.41, 5.74) is 5.07. The van der Waals surface area contributed by atoms with Crippen LogP contribution in [-0.2, 0) is 17.5 Å². The quantitative estimate of drug-likeness (QED) is 0.669. The number of primary amides is 1. The molecule has 3 rings (SSSR count). The Balaban J connectivity index is 1.63. The van der Waals surface area contributed by atoms with Gasteiger partial charge in [0.15, 0.2) is 6.61 Å². The van der Waals surface area contributed by atoms with Crippen LogP contribution in [0.15, 0.2) is 53.1 Å². The number of esters is 1. The molecule has 0 spiro atoms. The summed E-state index contributed by atoms with van der Waals surface area (Å²) in [6.07, 6.45) is -4.44. The molecule has 0 fully saturated rings. The fourth-order valence-electron chi connectivity index (χ4n) is 2.22. The number of hydrogen-bond acceptors (Lipinski definition) is 6. The number of hydrogen-bond donors (Lipinski definition) is 1. The average molecular weight is 391 g/mol. The van der Waals surface area contributed by atoms with E-state index in [1.54, 1.807) is 0 Å². The van der Waals surface area contributed by atoms with E-state index in [-0.39, 0.29) is 29.4 Å². The smallest absolute Gasteiger partial charge is 0.416 e. The Bertz CT molecular complexity index is 996. The van der Waals surface area contributed by atoms with E-state index < -0.39 is 23.6 Å². The van der Waals surface area contributed by atoms with Crippen molar-refractivity contribution in [3.05, 3.63) is 71.1 Å². The minimum atomic E-state index is -4.44. The number of carbonyl (C=O) groups is 2. The molecule has 2 aromatic carbocycles. The van der Waals surface area contributed by atoms with Crippen LogP contribution >= 0.6 is 0 Å². The molecule has 0 bridgehead atoms. The minimum absolute atomic E-state index is 0.0306. The maximum Gasteiger partial charge on any atom is 0.416 e. The second-order valence-electron chi connectivity index (χ2n) is 5.60. The molecular formula is C18H12F3N3O4. The summed E-state index contributed by atoms with van der Waals surface area (Å²) < 4.78 is 47.7. The largest absolute Gasteiger partial charge is 0.452 e. The third-order valence-electron chi connectivity index (χ3n) is 3.67. The van der Waals surface area contributed by atoms with Crippen molar-refractivity contribution < 1.29 is 32.0 Å². The van der Waals surface area contributed by atoms with Crippen LogP contribution in [0.2, 0.25) is 0 Å². The standard InChI is InChI=1S/C18H12F3N3O4/c19-18(20,21)13-7-5-11(6-8-13)16-23-14(28-24-16)9-27-17(26)12-3-1-10(2-4-12)15(22)25/h1-8H,9H2,(H2,22,25). The van der Waals surface area contributed by atoms with Gasteiger partial charge in [0.05, 0.1) is 11.1 Å². The molecule has 28 heavy (non-hydrogen) atoms. The van der Waals surface area contributed by atoms with Gasteiger partial charge in [-0.25, -0.2) is 4.79 Å². The van der Waals surface area contributed by atoms with Crippen molar-refractivity contribution in [1.29, 1.82) is 0 Å². The van der Waals surface area contributed by atoms with E-state index >= 15 is 0 Å². The second kappa shape index (κ2) is 7.51. The predicted octanol–water partition coefficient (Wildman–Crippen LogP) is 3.21. The van der Waals surface area contributed by atoms with Gasteiger partial charge in [-0.05, 0) is 36.4 Å². The van der Waals surface area contributed by atoms with Crippen LogP contribution in [0.3, 0.4) is 0 Å². The highest BCUT2D eigenvalue weighted by Crippen LogP contribution is 2.30. The van der Waals surface area contributed by atoms with Crippen LogP contribution in [0.1, 0.15) is 32.2 Å². The maximum absolute atomic E-state index is 12.6. The van der Waals surface area contributed by atoms with Crippen molar-refractivity contribution in [2.24, 2.45) is 5.73 Å². The number of nitrogens with zero attached hydrogens (tertiary/aromatic N) is 2. The van der Waals surface area contributed by atoms with E-state index in [0.29, 0.717) is 5.56 Å². The van der Waals surface area contributed by atoms with E-state index in [9.17, 15) is 22.8 Å². The van der Waals surface area contributed by atoms with Crippen molar-refractivity contribution in [2.45, 2.75) is 12.8 Å². The summed E-state index contributed by atoms with van der Waals surface area (Å²) >= 11 is 0.